The first-order chi connectivity index (χ1) is 14.9. The Labute approximate surface area is 188 Å². The van der Waals surface area contributed by atoms with E-state index in [0.29, 0.717) is 5.75 Å². The monoisotopic (exact) mass is 454 g/mol. The third-order valence-electron chi connectivity index (χ3n) is 7.80. The van der Waals surface area contributed by atoms with Crippen LogP contribution in [0.4, 0.5) is 13.2 Å². The van der Waals surface area contributed by atoms with E-state index in [9.17, 15) is 13.2 Å². The second-order valence-electron chi connectivity index (χ2n) is 10.1. The maximum Gasteiger partial charge on any atom is 0.422 e. The summed E-state index contributed by atoms with van der Waals surface area (Å²) in [7, 11) is -0.343. The maximum atomic E-state index is 12.2. The molecule has 0 bridgehead atoms. The molecule has 1 saturated carbocycles. The molecule has 31 heavy (non-hydrogen) atoms. The van der Waals surface area contributed by atoms with Crippen molar-refractivity contribution in [1.29, 1.82) is 0 Å². The van der Waals surface area contributed by atoms with Crippen LogP contribution in [0.15, 0.2) is 24.3 Å². The second kappa shape index (κ2) is 12.3. The van der Waals surface area contributed by atoms with E-state index >= 15 is 0 Å². The minimum Gasteiger partial charge on any atom is -0.484 e. The van der Waals surface area contributed by atoms with Gasteiger partial charge in [-0.25, -0.2) is 0 Å². The molecule has 1 aliphatic heterocycles. The molecule has 0 atom stereocenters. The van der Waals surface area contributed by atoms with Crippen molar-refractivity contribution < 1.29 is 17.9 Å². The van der Waals surface area contributed by atoms with Crippen LogP contribution < -0.4 is 4.74 Å². The minimum absolute atomic E-state index is 0.291. The Morgan fingerprint density at radius 1 is 0.903 bits per heavy atom. The van der Waals surface area contributed by atoms with Gasteiger partial charge in [-0.1, -0.05) is 82.1 Å². The topological polar surface area (TPSA) is 9.23 Å². The van der Waals surface area contributed by atoms with Gasteiger partial charge in [0, 0.05) is 8.80 Å². The van der Waals surface area contributed by atoms with E-state index in [0.717, 1.165) is 30.6 Å². The summed E-state index contributed by atoms with van der Waals surface area (Å²) < 4.78 is 41.4. The summed E-state index contributed by atoms with van der Waals surface area (Å²) in [6, 6.07) is 11.9. The van der Waals surface area contributed by atoms with Gasteiger partial charge >= 0.3 is 6.18 Å². The SMILES string of the molecule is CCC[Si@H]1CC[C@H]([C@H]2CC[C@H](CCCCc3ccc(OCC(F)(F)F)cc3)CC2)CC1. The van der Waals surface area contributed by atoms with Crippen molar-refractivity contribution in [2.75, 3.05) is 6.61 Å². The first-order valence-electron chi connectivity index (χ1n) is 12.7. The van der Waals surface area contributed by atoms with Crippen LogP contribution in [0.5, 0.6) is 5.75 Å². The molecule has 0 unspecified atom stereocenters. The summed E-state index contributed by atoms with van der Waals surface area (Å²) in [5.41, 5.74) is 1.19. The predicted octanol–water partition coefficient (Wildman–Crippen LogP) is 8.19. The summed E-state index contributed by atoms with van der Waals surface area (Å²) in [6.45, 7) is 1.13. The van der Waals surface area contributed by atoms with Gasteiger partial charge < -0.3 is 4.74 Å². The fourth-order valence-electron chi connectivity index (χ4n) is 5.98. The lowest BCUT2D eigenvalue weighted by atomic mass is 9.73. The molecule has 3 rings (SSSR count). The molecule has 176 valence electrons. The van der Waals surface area contributed by atoms with Crippen molar-refractivity contribution in [3.8, 4) is 5.75 Å². The van der Waals surface area contributed by atoms with Crippen LogP contribution in [0.25, 0.3) is 0 Å². The van der Waals surface area contributed by atoms with E-state index in [1.165, 1.54) is 50.5 Å². The molecular weight excluding hydrogens is 413 g/mol. The number of alkyl halides is 3. The second-order valence-corrected chi connectivity index (χ2v) is 13.6. The minimum atomic E-state index is -4.28. The number of aryl methyl sites for hydroxylation is 1. The maximum absolute atomic E-state index is 12.2. The van der Waals surface area contributed by atoms with E-state index < -0.39 is 12.8 Å². The average Bonchev–Trinajstić information content (AvgIpc) is 2.77. The number of unbranched alkanes of at least 4 members (excludes halogenated alkanes) is 1. The van der Waals surface area contributed by atoms with Crippen molar-refractivity contribution in [1.82, 2.24) is 0 Å². The van der Waals surface area contributed by atoms with Gasteiger partial charge in [0.2, 0.25) is 0 Å². The predicted molar refractivity (Wildman–Crippen MR) is 126 cm³/mol. The molecule has 1 saturated heterocycles. The molecular formula is C26H41F3OSi. The number of benzene rings is 1. The van der Waals surface area contributed by atoms with Gasteiger partial charge in [-0.15, -0.1) is 0 Å². The van der Waals surface area contributed by atoms with Crippen molar-refractivity contribution in [3.63, 3.8) is 0 Å². The average molecular weight is 455 g/mol. The number of rotatable bonds is 10. The van der Waals surface area contributed by atoms with E-state index in [-0.39, 0.29) is 8.80 Å². The molecule has 2 aliphatic rings. The van der Waals surface area contributed by atoms with Gasteiger partial charge in [-0.3, -0.25) is 0 Å². The third-order valence-corrected chi connectivity index (χ3v) is 11.5. The van der Waals surface area contributed by atoms with Crippen LogP contribution in [0.3, 0.4) is 0 Å². The van der Waals surface area contributed by atoms with Crippen LogP contribution in [-0.4, -0.2) is 21.6 Å². The van der Waals surface area contributed by atoms with Gasteiger partial charge in [-0.05, 0) is 61.1 Å². The fraction of sp³-hybridized carbons (Fsp3) is 0.769. The van der Waals surface area contributed by atoms with Crippen LogP contribution >= 0.6 is 0 Å². The Kier molecular flexibility index (Phi) is 9.80. The number of halogens is 3. The summed E-state index contributed by atoms with van der Waals surface area (Å²) >= 11 is 0. The van der Waals surface area contributed by atoms with E-state index in [2.05, 4.69) is 6.92 Å². The molecule has 0 spiro atoms. The highest BCUT2D eigenvalue weighted by molar-refractivity contribution is 6.58. The van der Waals surface area contributed by atoms with Gasteiger partial charge in [0.15, 0.2) is 6.61 Å². The molecule has 2 fully saturated rings. The summed E-state index contributed by atoms with van der Waals surface area (Å²) in [5.74, 6) is 3.27. The highest BCUT2D eigenvalue weighted by Gasteiger charge is 2.31. The number of hydrogen-bond acceptors (Lipinski definition) is 1. The normalized spacial score (nSPS) is 27.2. The first kappa shape index (κ1) is 24.7. The Hall–Kier alpha value is -0.973. The number of hydrogen-bond donors (Lipinski definition) is 0. The van der Waals surface area contributed by atoms with E-state index in [1.807, 2.05) is 12.1 Å². The lowest BCUT2D eigenvalue weighted by Crippen LogP contribution is -2.28. The van der Waals surface area contributed by atoms with Crippen LogP contribution in [0, 0.1) is 17.8 Å². The highest BCUT2D eigenvalue weighted by atomic mass is 28.3. The first-order valence-corrected chi connectivity index (χ1v) is 15.2. The molecule has 0 radical (unpaired) electrons. The molecule has 1 nitrogen and oxygen atoms in total. The summed E-state index contributed by atoms with van der Waals surface area (Å²) in [6.07, 6.45) is 10.8. The standard InChI is InChI=1S/C26H41F3OSi/c1-2-17-31-18-15-24(16-19-31)23-11-7-21(8-12-23)5-3-4-6-22-9-13-25(14-10-22)30-20-26(27,28)29/h9-10,13-14,21,23-24,31H,2-8,11-12,15-20H2,1H3/t21-,23-,24-,31-. The zero-order valence-corrected chi connectivity index (χ0v) is 20.4. The largest absolute Gasteiger partial charge is 0.484 e. The Morgan fingerprint density at radius 2 is 1.55 bits per heavy atom. The van der Waals surface area contributed by atoms with Crippen LogP contribution in [-0.2, 0) is 6.42 Å². The summed E-state index contributed by atoms with van der Waals surface area (Å²) in [5, 5.41) is 0. The lowest BCUT2D eigenvalue weighted by Gasteiger charge is -2.37. The van der Waals surface area contributed by atoms with E-state index in [1.54, 1.807) is 43.1 Å². The lowest BCUT2D eigenvalue weighted by molar-refractivity contribution is -0.153. The van der Waals surface area contributed by atoms with E-state index in [4.69, 9.17) is 4.74 Å². The Bertz CT molecular complexity index is 615. The molecule has 1 aliphatic carbocycles. The van der Waals surface area contributed by atoms with Crippen LogP contribution in [0.2, 0.25) is 18.1 Å². The molecule has 0 aromatic heterocycles. The van der Waals surface area contributed by atoms with Gasteiger partial charge in [0.05, 0.1) is 0 Å². The smallest absolute Gasteiger partial charge is 0.422 e. The van der Waals surface area contributed by atoms with Gasteiger partial charge in [0.1, 0.15) is 5.75 Å². The van der Waals surface area contributed by atoms with Crippen molar-refractivity contribution >= 4 is 8.80 Å². The summed E-state index contributed by atoms with van der Waals surface area (Å²) in [4.78, 5) is 0. The van der Waals surface area contributed by atoms with Crippen molar-refractivity contribution in [3.05, 3.63) is 29.8 Å². The molecule has 1 heterocycles. The number of ether oxygens (including phenoxy) is 1. The highest BCUT2D eigenvalue weighted by Crippen LogP contribution is 2.42. The quantitative estimate of drug-likeness (QED) is 0.256. The third kappa shape index (κ3) is 8.82. The van der Waals surface area contributed by atoms with Crippen molar-refractivity contribution in [2.24, 2.45) is 17.8 Å². The van der Waals surface area contributed by atoms with Gasteiger partial charge in [0.25, 0.3) is 0 Å². The zero-order chi connectivity index (χ0) is 22.1. The fourth-order valence-corrected chi connectivity index (χ4v) is 9.47. The van der Waals surface area contributed by atoms with Gasteiger partial charge in [-0.2, -0.15) is 13.2 Å². The molecule has 1 aromatic rings. The van der Waals surface area contributed by atoms with Crippen molar-refractivity contribution in [2.45, 2.75) is 102 Å². The van der Waals surface area contributed by atoms with Crippen LogP contribution in [0.1, 0.15) is 76.7 Å². The zero-order valence-electron chi connectivity index (χ0n) is 19.3. The molecule has 1 aromatic carbocycles. The molecule has 5 heteroatoms. The Morgan fingerprint density at radius 3 is 2.16 bits per heavy atom. The molecule has 0 N–H and O–H groups in total. The molecule has 0 amide bonds. The Balaban J connectivity index is 1.26.